The number of alkyl halides is 5. The quantitative estimate of drug-likeness (QED) is 0.374. The van der Waals surface area contributed by atoms with E-state index in [1.807, 2.05) is 0 Å². The van der Waals surface area contributed by atoms with Gasteiger partial charge in [-0.3, -0.25) is 4.57 Å². The van der Waals surface area contributed by atoms with E-state index in [4.69, 9.17) is 21.1 Å². The molecule has 2 aromatic carbocycles. The summed E-state index contributed by atoms with van der Waals surface area (Å²) in [6, 6.07) is 7.81. The van der Waals surface area contributed by atoms with Gasteiger partial charge in [-0.15, -0.1) is 0 Å². The van der Waals surface area contributed by atoms with E-state index in [-0.39, 0.29) is 42.8 Å². The number of aromatic nitrogens is 2. The molecule has 0 unspecified atom stereocenters. The lowest BCUT2D eigenvalue weighted by atomic mass is 10.2. The molecule has 3 aromatic rings. The number of anilines is 1. The normalized spacial score (nSPS) is 15.3. The number of rotatable bonds is 6. The molecular weight excluding hydrogens is 516 g/mol. The molecule has 0 spiro atoms. The Kier molecular flexibility index (Phi) is 6.82. The van der Waals surface area contributed by atoms with Crippen LogP contribution in [0, 0.1) is 5.82 Å². The summed E-state index contributed by atoms with van der Waals surface area (Å²) in [4.78, 5) is 17.3. The second-order valence-electron chi connectivity index (χ2n) is 8.12. The maximum atomic E-state index is 14.6. The highest BCUT2D eigenvalue weighted by molar-refractivity contribution is 6.31. The van der Waals surface area contributed by atoms with Crippen molar-refractivity contribution in [2.24, 2.45) is 7.05 Å². The Balaban J connectivity index is 1.47. The molecule has 0 amide bonds. The van der Waals surface area contributed by atoms with Crippen molar-refractivity contribution in [3.63, 3.8) is 0 Å². The smallest absolute Gasteiger partial charge is 0.417 e. The van der Waals surface area contributed by atoms with Crippen LogP contribution in [0.25, 0.3) is 0 Å². The largest absolute Gasteiger partial charge is 0.473 e. The van der Waals surface area contributed by atoms with Crippen molar-refractivity contribution < 1.29 is 35.8 Å². The first kappa shape index (κ1) is 25.7. The molecule has 0 bridgehead atoms. The second kappa shape index (κ2) is 9.57. The summed E-state index contributed by atoms with van der Waals surface area (Å²) in [7, 11) is 1.40. The molecule has 1 fully saturated rings. The summed E-state index contributed by atoms with van der Waals surface area (Å²) >= 11 is 5.57. The van der Waals surface area contributed by atoms with Crippen molar-refractivity contribution in [3.05, 3.63) is 74.9 Å². The van der Waals surface area contributed by atoms with Crippen molar-refractivity contribution in [2.75, 3.05) is 18.0 Å². The molecule has 1 aromatic heterocycles. The molecule has 0 saturated carbocycles. The standard InChI is InChI=1S/C23H18ClF6N3O3/c1-32-20(33-7-6-22(26,27)12-33)10-19(31-21(32)34)35-11-13-2-5-18(17(25)8-13)36-14-3-4-16(24)15(9-14)23(28,29)30/h2-5,8-10H,6-7,11-12H2,1H3. The maximum absolute atomic E-state index is 14.6. The van der Waals surface area contributed by atoms with E-state index in [9.17, 15) is 31.1 Å². The molecule has 4 rings (SSSR count). The lowest BCUT2D eigenvalue weighted by Gasteiger charge is -2.21. The Morgan fingerprint density at radius 1 is 1.14 bits per heavy atom. The van der Waals surface area contributed by atoms with E-state index in [0.29, 0.717) is 11.6 Å². The molecule has 1 aliphatic rings. The minimum absolute atomic E-state index is 0.0501. The topological polar surface area (TPSA) is 56.6 Å². The first-order valence-corrected chi connectivity index (χ1v) is 10.9. The highest BCUT2D eigenvalue weighted by Crippen LogP contribution is 2.38. The van der Waals surface area contributed by atoms with Crippen LogP contribution in [0.2, 0.25) is 5.02 Å². The Morgan fingerprint density at radius 2 is 1.89 bits per heavy atom. The number of hydrogen-bond acceptors (Lipinski definition) is 5. The van der Waals surface area contributed by atoms with Crippen LogP contribution < -0.4 is 20.1 Å². The molecule has 1 saturated heterocycles. The number of hydrogen-bond donors (Lipinski definition) is 0. The van der Waals surface area contributed by atoms with Crippen molar-refractivity contribution in [1.82, 2.24) is 9.55 Å². The first-order chi connectivity index (χ1) is 16.8. The van der Waals surface area contributed by atoms with Gasteiger partial charge in [0.05, 0.1) is 17.1 Å². The van der Waals surface area contributed by atoms with Gasteiger partial charge in [0.25, 0.3) is 5.92 Å². The number of ether oxygens (including phenoxy) is 2. The third kappa shape index (κ3) is 5.69. The van der Waals surface area contributed by atoms with Crippen LogP contribution in [-0.4, -0.2) is 28.6 Å². The Bertz CT molecular complexity index is 1350. The third-order valence-corrected chi connectivity index (χ3v) is 5.77. The fourth-order valence-electron chi connectivity index (χ4n) is 3.60. The first-order valence-electron chi connectivity index (χ1n) is 10.5. The number of nitrogens with zero attached hydrogens (tertiary/aromatic N) is 3. The SMILES string of the molecule is Cn1c(N2CCC(F)(F)C2)cc(OCc2ccc(Oc3ccc(Cl)c(C(F)(F)F)c3)c(F)c2)nc1=O. The monoisotopic (exact) mass is 533 g/mol. The highest BCUT2D eigenvalue weighted by atomic mass is 35.5. The Labute approximate surface area is 205 Å². The van der Waals surface area contributed by atoms with Gasteiger partial charge in [-0.1, -0.05) is 17.7 Å². The van der Waals surface area contributed by atoms with Gasteiger partial charge in [-0.05, 0) is 35.9 Å². The molecule has 2 heterocycles. The lowest BCUT2D eigenvalue weighted by Crippen LogP contribution is -2.32. The van der Waals surface area contributed by atoms with Crippen molar-refractivity contribution in [1.29, 1.82) is 0 Å². The molecule has 13 heteroatoms. The zero-order valence-corrected chi connectivity index (χ0v) is 19.3. The van der Waals surface area contributed by atoms with E-state index in [1.54, 1.807) is 0 Å². The number of benzene rings is 2. The predicted octanol–water partition coefficient (Wildman–Crippen LogP) is 5.81. The minimum Gasteiger partial charge on any atom is -0.473 e. The van der Waals surface area contributed by atoms with Crippen LogP contribution in [0.1, 0.15) is 17.5 Å². The van der Waals surface area contributed by atoms with Gasteiger partial charge in [-0.25, -0.2) is 18.0 Å². The van der Waals surface area contributed by atoms with Crippen molar-refractivity contribution in [2.45, 2.75) is 25.1 Å². The van der Waals surface area contributed by atoms with Gasteiger partial charge in [0.2, 0.25) is 5.88 Å². The Morgan fingerprint density at radius 3 is 2.53 bits per heavy atom. The van der Waals surface area contributed by atoms with Gasteiger partial charge < -0.3 is 14.4 Å². The van der Waals surface area contributed by atoms with Gasteiger partial charge >= 0.3 is 11.9 Å². The van der Waals surface area contributed by atoms with E-state index < -0.39 is 40.7 Å². The summed E-state index contributed by atoms with van der Waals surface area (Å²) in [6.07, 6.45) is -5.06. The fourth-order valence-corrected chi connectivity index (χ4v) is 3.83. The molecule has 1 aliphatic heterocycles. The van der Waals surface area contributed by atoms with Crippen molar-refractivity contribution in [3.8, 4) is 17.4 Å². The number of halogens is 7. The molecular formula is C23H18ClF6N3O3. The maximum Gasteiger partial charge on any atom is 0.417 e. The van der Waals surface area contributed by atoms with E-state index in [0.717, 1.165) is 16.7 Å². The van der Waals surface area contributed by atoms with E-state index >= 15 is 0 Å². The van der Waals surface area contributed by atoms with E-state index in [1.165, 1.54) is 36.2 Å². The third-order valence-electron chi connectivity index (χ3n) is 5.44. The second-order valence-corrected chi connectivity index (χ2v) is 8.52. The lowest BCUT2D eigenvalue weighted by molar-refractivity contribution is -0.137. The molecule has 0 aliphatic carbocycles. The predicted molar refractivity (Wildman–Crippen MR) is 119 cm³/mol. The van der Waals surface area contributed by atoms with Crippen LogP contribution in [0.3, 0.4) is 0 Å². The zero-order chi connectivity index (χ0) is 26.3. The van der Waals surface area contributed by atoms with E-state index in [2.05, 4.69) is 4.98 Å². The highest BCUT2D eigenvalue weighted by Gasteiger charge is 2.39. The summed E-state index contributed by atoms with van der Waals surface area (Å²) in [5.74, 6) is -4.28. The van der Waals surface area contributed by atoms with Crippen LogP contribution in [0.5, 0.6) is 17.4 Å². The zero-order valence-electron chi connectivity index (χ0n) is 18.6. The summed E-state index contributed by atoms with van der Waals surface area (Å²) < 4.78 is 92.7. The molecule has 0 radical (unpaired) electrons. The summed E-state index contributed by atoms with van der Waals surface area (Å²) in [5.41, 5.74) is -1.54. The molecule has 6 nitrogen and oxygen atoms in total. The van der Waals surface area contributed by atoms with Gasteiger partial charge in [0.15, 0.2) is 11.6 Å². The van der Waals surface area contributed by atoms with Crippen molar-refractivity contribution >= 4 is 17.4 Å². The van der Waals surface area contributed by atoms with Crippen LogP contribution in [-0.2, 0) is 19.8 Å². The minimum atomic E-state index is -4.71. The average molecular weight is 534 g/mol. The van der Waals surface area contributed by atoms with Gasteiger partial charge in [-0.2, -0.15) is 18.2 Å². The van der Waals surface area contributed by atoms with Crippen LogP contribution in [0.15, 0.2) is 47.3 Å². The molecule has 192 valence electrons. The van der Waals surface area contributed by atoms with Crippen LogP contribution >= 0.6 is 11.6 Å². The molecule has 0 atom stereocenters. The molecule has 0 N–H and O–H groups in total. The van der Waals surface area contributed by atoms with Gasteiger partial charge in [0.1, 0.15) is 18.2 Å². The fraction of sp³-hybridized carbons (Fsp3) is 0.304. The van der Waals surface area contributed by atoms with Crippen LogP contribution in [0.4, 0.5) is 32.2 Å². The average Bonchev–Trinajstić information content (AvgIpc) is 3.16. The Hall–Kier alpha value is -3.41. The summed E-state index contributed by atoms with van der Waals surface area (Å²) in [6.45, 7) is -0.727. The van der Waals surface area contributed by atoms with Gasteiger partial charge in [0, 0.05) is 26.1 Å². The molecule has 36 heavy (non-hydrogen) atoms. The summed E-state index contributed by atoms with van der Waals surface area (Å²) in [5, 5.41) is -0.520.